The zero-order chi connectivity index (χ0) is 12.3. The normalized spacial score (nSPS) is 12.6. The fourth-order valence-electron chi connectivity index (χ4n) is 1.83. The van der Waals surface area contributed by atoms with Gasteiger partial charge in [0.25, 0.3) is 0 Å². The van der Waals surface area contributed by atoms with E-state index < -0.39 is 0 Å². The number of halogens is 1. The Morgan fingerprint density at radius 2 is 2.24 bits per heavy atom. The van der Waals surface area contributed by atoms with E-state index in [1.54, 1.807) is 12.5 Å². The fraction of sp³-hybridized carbons (Fsp3) is 0.308. The molecular weight excluding hydrogens is 280 g/mol. The molecule has 1 unspecified atom stereocenters. The zero-order valence-corrected chi connectivity index (χ0v) is 11.3. The summed E-state index contributed by atoms with van der Waals surface area (Å²) in [6, 6.07) is 5.85. The second-order valence-corrected chi connectivity index (χ2v) is 4.85. The third-order valence-corrected chi connectivity index (χ3v) is 3.19. The summed E-state index contributed by atoms with van der Waals surface area (Å²) in [5.41, 5.74) is 8.24. The van der Waals surface area contributed by atoms with Crippen LogP contribution in [0.1, 0.15) is 30.0 Å². The van der Waals surface area contributed by atoms with Gasteiger partial charge in [-0.1, -0.05) is 6.92 Å². The molecular formula is C13H15BrN2O. The molecule has 2 aromatic rings. The van der Waals surface area contributed by atoms with Gasteiger partial charge >= 0.3 is 0 Å². The molecule has 0 aliphatic heterocycles. The van der Waals surface area contributed by atoms with Crippen LogP contribution < -0.4 is 5.73 Å². The van der Waals surface area contributed by atoms with Crippen LogP contribution in [-0.2, 0) is 12.8 Å². The Morgan fingerprint density at radius 1 is 1.41 bits per heavy atom. The average Bonchev–Trinajstić information content (AvgIpc) is 2.80. The minimum absolute atomic E-state index is 0.0580. The van der Waals surface area contributed by atoms with Gasteiger partial charge in [-0.2, -0.15) is 0 Å². The highest BCUT2D eigenvalue weighted by Crippen LogP contribution is 2.21. The summed E-state index contributed by atoms with van der Waals surface area (Å²) in [6.07, 6.45) is 5.07. The van der Waals surface area contributed by atoms with Gasteiger partial charge in [0, 0.05) is 40.8 Å². The van der Waals surface area contributed by atoms with Crippen molar-refractivity contribution in [2.24, 2.45) is 5.73 Å². The van der Waals surface area contributed by atoms with Crippen LogP contribution in [0, 0.1) is 0 Å². The first-order chi connectivity index (χ1) is 8.20. The number of aromatic nitrogens is 1. The van der Waals surface area contributed by atoms with Gasteiger partial charge < -0.3 is 10.2 Å². The molecule has 1 atom stereocenters. The molecule has 2 heterocycles. The number of rotatable bonds is 4. The Bertz CT molecular complexity index is 478. The molecule has 3 nitrogen and oxygen atoms in total. The highest BCUT2D eigenvalue weighted by molar-refractivity contribution is 9.10. The van der Waals surface area contributed by atoms with E-state index in [-0.39, 0.29) is 6.04 Å². The standard InChI is InChI=1S/C13H15BrN2O/c1-2-13-11(5-6-17-13)12(15)7-10-4-3-9(14)8-16-10/h3-6,8,12H,2,7,15H2,1H3. The van der Waals surface area contributed by atoms with Crippen molar-refractivity contribution in [1.82, 2.24) is 4.98 Å². The predicted molar refractivity (Wildman–Crippen MR) is 70.7 cm³/mol. The van der Waals surface area contributed by atoms with Gasteiger partial charge in [-0.05, 0) is 34.1 Å². The Kier molecular flexibility index (Phi) is 3.97. The maximum Gasteiger partial charge on any atom is 0.108 e. The predicted octanol–water partition coefficient (Wildman–Crippen LogP) is 3.24. The molecule has 0 fully saturated rings. The molecule has 0 radical (unpaired) electrons. The molecule has 2 rings (SSSR count). The molecule has 0 amide bonds. The van der Waals surface area contributed by atoms with E-state index >= 15 is 0 Å². The van der Waals surface area contributed by atoms with Crippen LogP contribution in [-0.4, -0.2) is 4.98 Å². The molecule has 0 aliphatic carbocycles. The van der Waals surface area contributed by atoms with Crippen LogP contribution in [0.2, 0.25) is 0 Å². The lowest BCUT2D eigenvalue weighted by Crippen LogP contribution is -2.14. The largest absolute Gasteiger partial charge is 0.469 e. The quantitative estimate of drug-likeness (QED) is 0.942. The first-order valence-corrected chi connectivity index (χ1v) is 6.42. The van der Waals surface area contributed by atoms with Gasteiger partial charge in [0.15, 0.2) is 0 Å². The molecule has 4 heteroatoms. The summed E-state index contributed by atoms with van der Waals surface area (Å²) >= 11 is 3.36. The number of nitrogens with two attached hydrogens (primary N) is 1. The van der Waals surface area contributed by atoms with Crippen molar-refractivity contribution in [3.63, 3.8) is 0 Å². The lowest BCUT2D eigenvalue weighted by molar-refractivity contribution is 0.505. The van der Waals surface area contributed by atoms with Crippen LogP contribution in [0.15, 0.2) is 39.5 Å². The summed E-state index contributed by atoms with van der Waals surface area (Å²) < 4.78 is 6.36. The van der Waals surface area contributed by atoms with Gasteiger partial charge in [-0.15, -0.1) is 0 Å². The molecule has 0 spiro atoms. The summed E-state index contributed by atoms with van der Waals surface area (Å²) in [4.78, 5) is 4.33. The second kappa shape index (κ2) is 5.47. The highest BCUT2D eigenvalue weighted by atomic mass is 79.9. The highest BCUT2D eigenvalue weighted by Gasteiger charge is 2.13. The van der Waals surface area contributed by atoms with E-state index in [1.807, 2.05) is 18.2 Å². The second-order valence-electron chi connectivity index (χ2n) is 3.93. The van der Waals surface area contributed by atoms with E-state index in [0.29, 0.717) is 0 Å². The number of pyridine rings is 1. The van der Waals surface area contributed by atoms with Crippen LogP contribution in [0.25, 0.3) is 0 Å². The third kappa shape index (κ3) is 2.96. The Hall–Kier alpha value is -1.13. The molecule has 2 N–H and O–H groups in total. The number of furan rings is 1. The van der Waals surface area contributed by atoms with Crippen LogP contribution >= 0.6 is 15.9 Å². The van der Waals surface area contributed by atoms with Crippen LogP contribution in [0.4, 0.5) is 0 Å². The van der Waals surface area contributed by atoms with Gasteiger partial charge in [0.1, 0.15) is 5.76 Å². The minimum atomic E-state index is -0.0580. The molecule has 2 aromatic heterocycles. The molecule has 0 saturated heterocycles. The van der Waals surface area contributed by atoms with Crippen LogP contribution in [0.5, 0.6) is 0 Å². The lowest BCUT2D eigenvalue weighted by atomic mass is 10.0. The molecule has 17 heavy (non-hydrogen) atoms. The van der Waals surface area contributed by atoms with Gasteiger partial charge in [-0.25, -0.2) is 0 Å². The molecule has 0 aliphatic rings. The average molecular weight is 295 g/mol. The van der Waals surface area contributed by atoms with Crippen molar-refractivity contribution in [2.75, 3.05) is 0 Å². The van der Waals surface area contributed by atoms with E-state index in [0.717, 1.165) is 34.3 Å². The SMILES string of the molecule is CCc1occc1C(N)Cc1ccc(Br)cn1. The summed E-state index contributed by atoms with van der Waals surface area (Å²) in [5.74, 6) is 0.967. The van der Waals surface area contributed by atoms with Crippen molar-refractivity contribution >= 4 is 15.9 Å². The Morgan fingerprint density at radius 3 is 2.88 bits per heavy atom. The number of hydrogen-bond acceptors (Lipinski definition) is 3. The lowest BCUT2D eigenvalue weighted by Gasteiger charge is -2.10. The smallest absolute Gasteiger partial charge is 0.108 e. The Balaban J connectivity index is 2.11. The number of hydrogen-bond donors (Lipinski definition) is 1. The fourth-order valence-corrected chi connectivity index (χ4v) is 2.07. The van der Waals surface area contributed by atoms with Crippen molar-refractivity contribution in [3.8, 4) is 0 Å². The number of nitrogens with zero attached hydrogens (tertiary/aromatic N) is 1. The third-order valence-electron chi connectivity index (χ3n) is 2.72. The monoisotopic (exact) mass is 294 g/mol. The topological polar surface area (TPSA) is 52.0 Å². The minimum Gasteiger partial charge on any atom is -0.469 e. The molecule has 0 saturated carbocycles. The van der Waals surface area contributed by atoms with Crippen molar-refractivity contribution in [3.05, 3.63) is 52.1 Å². The van der Waals surface area contributed by atoms with E-state index in [2.05, 4.69) is 27.8 Å². The summed E-state index contributed by atoms with van der Waals surface area (Å²) in [6.45, 7) is 2.06. The van der Waals surface area contributed by atoms with Gasteiger partial charge in [0.05, 0.1) is 6.26 Å². The van der Waals surface area contributed by atoms with Crippen LogP contribution in [0.3, 0.4) is 0 Å². The number of aryl methyl sites for hydroxylation is 1. The zero-order valence-electron chi connectivity index (χ0n) is 9.69. The maximum absolute atomic E-state index is 6.17. The van der Waals surface area contributed by atoms with Gasteiger partial charge in [0.2, 0.25) is 0 Å². The molecule has 0 bridgehead atoms. The first kappa shape index (κ1) is 12.3. The summed E-state index contributed by atoms with van der Waals surface area (Å²) in [7, 11) is 0. The van der Waals surface area contributed by atoms with Crippen molar-refractivity contribution < 1.29 is 4.42 Å². The molecule has 90 valence electrons. The van der Waals surface area contributed by atoms with E-state index in [1.165, 1.54) is 0 Å². The van der Waals surface area contributed by atoms with Crippen molar-refractivity contribution in [2.45, 2.75) is 25.8 Å². The van der Waals surface area contributed by atoms with Crippen molar-refractivity contribution in [1.29, 1.82) is 0 Å². The summed E-state index contributed by atoms with van der Waals surface area (Å²) in [5, 5.41) is 0. The van der Waals surface area contributed by atoms with Gasteiger partial charge in [-0.3, -0.25) is 4.98 Å². The first-order valence-electron chi connectivity index (χ1n) is 5.63. The van der Waals surface area contributed by atoms with E-state index in [9.17, 15) is 0 Å². The Labute approximate surface area is 109 Å². The van der Waals surface area contributed by atoms with E-state index in [4.69, 9.17) is 10.2 Å². The molecule has 0 aromatic carbocycles. The maximum atomic E-state index is 6.17.